The molecule has 0 radical (unpaired) electrons. The van der Waals surface area contributed by atoms with Crippen molar-refractivity contribution >= 4 is 40.0 Å². The second kappa shape index (κ2) is 11.9. The minimum absolute atomic E-state index is 0. The first kappa shape index (κ1) is 25.1. The van der Waals surface area contributed by atoms with Gasteiger partial charge in [-0.1, -0.05) is 12.1 Å². The molecule has 2 rings (SSSR count). The van der Waals surface area contributed by atoms with E-state index in [-0.39, 0.29) is 40.8 Å². The Morgan fingerprint density at radius 1 is 1.14 bits per heavy atom. The van der Waals surface area contributed by atoms with Crippen LogP contribution in [0.2, 0.25) is 0 Å². The lowest BCUT2D eigenvalue weighted by atomic mass is 10.1. The third kappa shape index (κ3) is 8.96. The highest BCUT2D eigenvalue weighted by Crippen LogP contribution is 2.12. The quantitative estimate of drug-likeness (QED) is 0.273. The molecule has 7 nitrogen and oxygen atoms in total. The van der Waals surface area contributed by atoms with Crippen LogP contribution in [0.1, 0.15) is 12.5 Å². The Labute approximate surface area is 188 Å². The maximum atomic E-state index is 12.9. The lowest BCUT2D eigenvalue weighted by molar-refractivity contribution is 0.223. The highest BCUT2D eigenvalue weighted by atomic mass is 127. The fourth-order valence-corrected chi connectivity index (χ4v) is 2.93. The normalized spacial score (nSPS) is 12.6. The summed E-state index contributed by atoms with van der Waals surface area (Å²) in [7, 11) is -2.00. The molecule has 0 aliphatic heterocycles. The van der Waals surface area contributed by atoms with Gasteiger partial charge >= 0.3 is 0 Å². The zero-order chi connectivity index (χ0) is 20.6. The van der Waals surface area contributed by atoms with E-state index in [4.69, 9.17) is 9.88 Å². The van der Waals surface area contributed by atoms with Crippen LogP contribution in [-0.4, -0.2) is 40.6 Å². The van der Waals surface area contributed by atoms with Crippen molar-refractivity contribution < 1.29 is 17.5 Å². The second-order valence-corrected chi connectivity index (χ2v) is 7.76. The molecule has 2 aromatic carbocycles. The lowest BCUT2D eigenvalue weighted by Gasteiger charge is -2.17. The van der Waals surface area contributed by atoms with Gasteiger partial charge in [0.1, 0.15) is 17.7 Å². The summed E-state index contributed by atoms with van der Waals surface area (Å²) in [5, 5.41) is 11.4. The van der Waals surface area contributed by atoms with Gasteiger partial charge in [-0.05, 0) is 55.3 Å². The maximum absolute atomic E-state index is 12.9. The highest BCUT2D eigenvalue weighted by molar-refractivity contribution is 14.0. The Kier molecular flexibility index (Phi) is 10.3. The topological polar surface area (TPSA) is 106 Å². The molecule has 160 valence electrons. The summed E-state index contributed by atoms with van der Waals surface area (Å²) >= 11 is 0. The highest BCUT2D eigenvalue weighted by Gasteiger charge is 2.08. The molecule has 0 saturated carbocycles. The van der Waals surface area contributed by atoms with Crippen LogP contribution in [0.3, 0.4) is 0 Å². The Balaban J connectivity index is 0.00000420. The molecule has 0 saturated heterocycles. The standard InChI is InChI=1S/C19H25FN4O3S.HI/c1-14(27-17-7-5-16(20)6-8-17)13-24-19(22-2)23-12-11-15-3-9-18(10-4-15)28(21,25)26;/h3-10,14H,11-13H2,1-2H3,(H2,21,25,26)(H2,22,23,24);1H. The van der Waals surface area contributed by atoms with Gasteiger partial charge in [0, 0.05) is 13.6 Å². The molecule has 0 aromatic heterocycles. The number of sulfonamides is 1. The molecule has 1 unspecified atom stereocenters. The molecule has 0 spiro atoms. The number of rotatable bonds is 8. The number of aliphatic imine (C=N–C) groups is 1. The van der Waals surface area contributed by atoms with Gasteiger partial charge in [-0.2, -0.15) is 0 Å². The van der Waals surface area contributed by atoms with Crippen molar-refractivity contribution in [2.75, 3.05) is 20.1 Å². The van der Waals surface area contributed by atoms with Crippen LogP contribution in [0.25, 0.3) is 0 Å². The summed E-state index contributed by atoms with van der Waals surface area (Å²) < 4.78 is 41.1. The average Bonchev–Trinajstić information content (AvgIpc) is 2.66. The number of benzene rings is 2. The van der Waals surface area contributed by atoms with E-state index in [1.807, 2.05) is 6.92 Å². The van der Waals surface area contributed by atoms with Gasteiger partial charge < -0.3 is 15.4 Å². The number of halogens is 2. The second-order valence-electron chi connectivity index (χ2n) is 6.20. The summed E-state index contributed by atoms with van der Waals surface area (Å²) in [6.07, 6.45) is 0.544. The molecule has 0 aliphatic rings. The van der Waals surface area contributed by atoms with E-state index < -0.39 is 10.0 Å². The number of hydrogen-bond acceptors (Lipinski definition) is 4. The molecular formula is C19H26FIN4O3S. The number of nitrogens with one attached hydrogen (secondary N) is 2. The van der Waals surface area contributed by atoms with Gasteiger partial charge in [-0.25, -0.2) is 17.9 Å². The van der Waals surface area contributed by atoms with Crippen LogP contribution < -0.4 is 20.5 Å². The number of guanidine groups is 1. The summed E-state index contributed by atoms with van der Waals surface area (Å²) in [5.74, 6) is 0.916. The molecule has 0 amide bonds. The molecule has 4 N–H and O–H groups in total. The van der Waals surface area contributed by atoms with Crippen molar-refractivity contribution in [2.24, 2.45) is 10.1 Å². The number of ether oxygens (including phenoxy) is 1. The zero-order valence-corrected chi connectivity index (χ0v) is 19.4. The minimum atomic E-state index is -3.67. The third-order valence-corrected chi connectivity index (χ3v) is 4.82. The molecule has 0 fully saturated rings. The van der Waals surface area contributed by atoms with Gasteiger partial charge in [-0.15, -0.1) is 24.0 Å². The smallest absolute Gasteiger partial charge is 0.238 e. The molecule has 2 aromatic rings. The van der Waals surface area contributed by atoms with Crippen molar-refractivity contribution in [1.82, 2.24) is 10.6 Å². The molecule has 0 bridgehead atoms. The third-order valence-electron chi connectivity index (χ3n) is 3.89. The molecule has 1 atom stereocenters. The Morgan fingerprint density at radius 3 is 2.31 bits per heavy atom. The van der Waals surface area contributed by atoms with E-state index in [2.05, 4.69) is 15.6 Å². The van der Waals surface area contributed by atoms with Gasteiger partial charge in [0.05, 0.1) is 11.4 Å². The fourth-order valence-electron chi connectivity index (χ4n) is 2.42. The van der Waals surface area contributed by atoms with E-state index in [1.54, 1.807) is 31.3 Å². The average molecular weight is 536 g/mol. The van der Waals surface area contributed by atoms with Gasteiger partial charge in [0.25, 0.3) is 0 Å². The summed E-state index contributed by atoms with van der Waals surface area (Å²) in [6.45, 7) is 3.03. The molecular weight excluding hydrogens is 510 g/mol. The van der Waals surface area contributed by atoms with Gasteiger partial charge in [0.2, 0.25) is 10.0 Å². The number of primary sulfonamides is 1. The van der Waals surface area contributed by atoms with Crippen molar-refractivity contribution in [3.8, 4) is 5.75 Å². The SMILES string of the molecule is CN=C(NCCc1ccc(S(N)(=O)=O)cc1)NCC(C)Oc1ccc(F)cc1.I. The number of hydrogen-bond donors (Lipinski definition) is 3. The first-order chi connectivity index (χ1) is 13.3. The van der Waals surface area contributed by atoms with Gasteiger partial charge in [-0.3, -0.25) is 4.99 Å². The van der Waals surface area contributed by atoms with Crippen LogP contribution in [0.4, 0.5) is 4.39 Å². The van der Waals surface area contributed by atoms with Crippen molar-refractivity contribution in [1.29, 1.82) is 0 Å². The van der Waals surface area contributed by atoms with Gasteiger partial charge in [0.15, 0.2) is 5.96 Å². The first-order valence-corrected chi connectivity index (χ1v) is 10.3. The summed E-state index contributed by atoms with van der Waals surface area (Å²) in [5.41, 5.74) is 0.975. The van der Waals surface area contributed by atoms with E-state index in [0.29, 0.717) is 31.2 Å². The van der Waals surface area contributed by atoms with Crippen molar-refractivity contribution in [2.45, 2.75) is 24.3 Å². The Bertz CT molecular complexity index is 891. The first-order valence-electron chi connectivity index (χ1n) is 8.76. The monoisotopic (exact) mass is 536 g/mol. The minimum Gasteiger partial charge on any atom is -0.489 e. The van der Waals surface area contributed by atoms with Crippen LogP contribution in [0.5, 0.6) is 5.75 Å². The predicted molar refractivity (Wildman–Crippen MR) is 123 cm³/mol. The van der Waals surface area contributed by atoms with E-state index in [1.165, 1.54) is 24.3 Å². The molecule has 29 heavy (non-hydrogen) atoms. The van der Waals surface area contributed by atoms with Crippen LogP contribution in [0, 0.1) is 5.82 Å². The number of nitrogens with two attached hydrogens (primary N) is 1. The largest absolute Gasteiger partial charge is 0.489 e. The molecule has 0 aliphatic carbocycles. The van der Waals surface area contributed by atoms with Crippen LogP contribution in [0.15, 0.2) is 58.4 Å². The number of nitrogens with zero attached hydrogens (tertiary/aromatic N) is 1. The summed E-state index contributed by atoms with van der Waals surface area (Å²) in [4.78, 5) is 4.24. The van der Waals surface area contributed by atoms with E-state index >= 15 is 0 Å². The van der Waals surface area contributed by atoms with Crippen LogP contribution in [-0.2, 0) is 16.4 Å². The Hall–Kier alpha value is -1.92. The van der Waals surface area contributed by atoms with E-state index in [0.717, 1.165) is 5.56 Å². The van der Waals surface area contributed by atoms with Crippen molar-refractivity contribution in [3.63, 3.8) is 0 Å². The maximum Gasteiger partial charge on any atom is 0.238 e. The Morgan fingerprint density at radius 2 is 1.76 bits per heavy atom. The zero-order valence-electron chi connectivity index (χ0n) is 16.3. The predicted octanol–water partition coefficient (Wildman–Crippen LogP) is 2.27. The van der Waals surface area contributed by atoms with Crippen molar-refractivity contribution in [3.05, 3.63) is 59.9 Å². The molecule has 0 heterocycles. The van der Waals surface area contributed by atoms with Crippen LogP contribution >= 0.6 is 24.0 Å². The fraction of sp³-hybridized carbons (Fsp3) is 0.316. The lowest BCUT2D eigenvalue weighted by Crippen LogP contribution is -2.42. The summed E-state index contributed by atoms with van der Waals surface area (Å²) in [6, 6.07) is 12.3. The molecule has 10 heteroatoms. The van der Waals surface area contributed by atoms with E-state index in [9.17, 15) is 12.8 Å².